The highest BCUT2D eigenvalue weighted by Crippen LogP contribution is 2.43. The monoisotopic (exact) mass is 384 g/mol. The van der Waals surface area contributed by atoms with Crippen LogP contribution >= 0.6 is 11.6 Å². The van der Waals surface area contributed by atoms with Gasteiger partial charge in [0.15, 0.2) is 0 Å². The van der Waals surface area contributed by atoms with Gasteiger partial charge in [0.05, 0.1) is 23.6 Å². The molecule has 1 aromatic carbocycles. The van der Waals surface area contributed by atoms with Gasteiger partial charge in [0.2, 0.25) is 0 Å². The van der Waals surface area contributed by atoms with Crippen LogP contribution in [0.2, 0.25) is 5.02 Å². The topological polar surface area (TPSA) is 59.5 Å². The molecule has 1 fully saturated rings. The lowest BCUT2D eigenvalue weighted by molar-refractivity contribution is -0.126. The minimum Gasteiger partial charge on any atom is -0.489 e. The molecule has 4 rings (SSSR count). The summed E-state index contributed by atoms with van der Waals surface area (Å²) in [7, 11) is 0. The van der Waals surface area contributed by atoms with Crippen LogP contribution < -0.4 is 9.64 Å². The van der Waals surface area contributed by atoms with Crippen LogP contribution in [0.1, 0.15) is 49.5 Å². The number of pyridine rings is 1. The van der Waals surface area contributed by atoms with Gasteiger partial charge in [0, 0.05) is 22.6 Å². The molecule has 140 valence electrons. The van der Waals surface area contributed by atoms with E-state index in [2.05, 4.69) is 4.98 Å². The van der Waals surface area contributed by atoms with Crippen LogP contribution in [-0.4, -0.2) is 22.8 Å². The van der Waals surface area contributed by atoms with Crippen LogP contribution in [-0.2, 0) is 10.3 Å². The maximum atomic E-state index is 13.0. The molecule has 6 heteroatoms. The number of hydrogen-bond acceptors (Lipinski definition) is 4. The molecule has 0 spiro atoms. The molecule has 0 radical (unpaired) electrons. The Kier molecular flexibility index (Phi) is 4.22. The predicted octanol–water partition coefficient (Wildman–Crippen LogP) is 4.38. The van der Waals surface area contributed by atoms with Crippen molar-refractivity contribution in [2.45, 2.75) is 45.3 Å². The fourth-order valence-electron chi connectivity index (χ4n) is 3.92. The third-order valence-electron chi connectivity index (χ3n) is 5.56. The Morgan fingerprint density at radius 2 is 2.00 bits per heavy atom. The van der Waals surface area contributed by atoms with E-state index in [9.17, 15) is 9.59 Å². The van der Waals surface area contributed by atoms with E-state index in [-0.39, 0.29) is 23.7 Å². The summed E-state index contributed by atoms with van der Waals surface area (Å²) in [5.41, 5.74) is 1.68. The number of nitrogens with zero attached hydrogens (tertiary/aromatic N) is 2. The van der Waals surface area contributed by atoms with E-state index in [1.54, 1.807) is 36.4 Å². The molecule has 1 aliphatic carbocycles. The molecule has 1 aromatic heterocycles. The van der Waals surface area contributed by atoms with E-state index >= 15 is 0 Å². The number of ketones is 1. The molecule has 2 aliphatic rings. The number of carbonyl (C=O) groups excluding carboxylic acids is 2. The summed E-state index contributed by atoms with van der Waals surface area (Å²) < 4.78 is 5.96. The number of carbonyl (C=O) groups is 2. The average molecular weight is 385 g/mol. The van der Waals surface area contributed by atoms with Crippen molar-refractivity contribution < 1.29 is 14.3 Å². The molecule has 27 heavy (non-hydrogen) atoms. The maximum absolute atomic E-state index is 13.0. The largest absolute Gasteiger partial charge is 0.489 e. The minimum atomic E-state index is -0.548. The van der Waals surface area contributed by atoms with Crippen molar-refractivity contribution in [1.29, 1.82) is 0 Å². The van der Waals surface area contributed by atoms with E-state index in [4.69, 9.17) is 16.3 Å². The Labute approximate surface area is 163 Å². The Balaban J connectivity index is 1.59. The molecule has 0 unspecified atom stereocenters. The molecule has 0 N–H and O–H groups in total. The molecule has 2 aromatic rings. The van der Waals surface area contributed by atoms with Crippen molar-refractivity contribution in [3.63, 3.8) is 0 Å². The van der Waals surface area contributed by atoms with Crippen LogP contribution in [0, 0.1) is 5.92 Å². The van der Waals surface area contributed by atoms with Gasteiger partial charge in [-0.1, -0.05) is 11.6 Å². The summed E-state index contributed by atoms with van der Waals surface area (Å²) >= 11 is 6.14. The predicted molar refractivity (Wildman–Crippen MR) is 103 cm³/mol. The minimum absolute atomic E-state index is 0.0224. The summed E-state index contributed by atoms with van der Waals surface area (Å²) in [5, 5.41) is 0.608. The summed E-state index contributed by atoms with van der Waals surface area (Å²) in [6.45, 7) is 5.60. The Morgan fingerprint density at radius 3 is 2.70 bits per heavy atom. The number of ether oxygens (including phenoxy) is 1. The maximum Gasteiger partial charge on any atom is 0.259 e. The molecular weight excluding hydrogens is 364 g/mol. The summed E-state index contributed by atoms with van der Waals surface area (Å²) in [5.74, 6) is 0.843. The number of anilines is 1. The first kappa shape index (κ1) is 18.0. The van der Waals surface area contributed by atoms with Crippen LogP contribution in [0.3, 0.4) is 0 Å². The van der Waals surface area contributed by atoms with Crippen molar-refractivity contribution in [2.75, 3.05) is 4.90 Å². The van der Waals surface area contributed by atoms with Gasteiger partial charge in [-0.3, -0.25) is 19.5 Å². The number of rotatable bonds is 4. The molecule has 5 nitrogen and oxygen atoms in total. The van der Waals surface area contributed by atoms with Crippen molar-refractivity contribution in [3.8, 4) is 5.75 Å². The number of hydrogen-bond donors (Lipinski definition) is 0. The Morgan fingerprint density at radius 1 is 1.26 bits per heavy atom. The van der Waals surface area contributed by atoms with Gasteiger partial charge in [-0.15, -0.1) is 0 Å². The summed E-state index contributed by atoms with van der Waals surface area (Å²) in [6.07, 6.45) is 4.80. The molecule has 0 saturated heterocycles. The lowest BCUT2D eigenvalue weighted by atomic mass is 9.80. The van der Waals surface area contributed by atoms with Crippen LogP contribution in [0.25, 0.3) is 0 Å². The second-order valence-electron chi connectivity index (χ2n) is 7.79. The van der Waals surface area contributed by atoms with Crippen molar-refractivity contribution in [2.24, 2.45) is 5.92 Å². The SMILES string of the molecule is CC(=O)C1CC(Oc2cncc(N3C(=O)c4ccc(Cl)cc4C3(C)C)c2)C1. The highest BCUT2D eigenvalue weighted by atomic mass is 35.5. The highest BCUT2D eigenvalue weighted by molar-refractivity contribution is 6.31. The molecule has 0 bridgehead atoms. The number of amides is 1. The molecule has 2 heterocycles. The third kappa shape index (κ3) is 3.00. The van der Waals surface area contributed by atoms with Crippen LogP contribution in [0.15, 0.2) is 36.7 Å². The fraction of sp³-hybridized carbons (Fsp3) is 0.381. The number of fused-ring (bicyclic) bond motifs is 1. The van der Waals surface area contributed by atoms with Gasteiger partial charge in [-0.25, -0.2) is 0 Å². The lowest BCUT2D eigenvalue weighted by Gasteiger charge is -2.34. The second-order valence-corrected chi connectivity index (χ2v) is 8.22. The molecule has 1 saturated carbocycles. The van der Waals surface area contributed by atoms with Gasteiger partial charge >= 0.3 is 0 Å². The molecule has 1 aliphatic heterocycles. The lowest BCUT2D eigenvalue weighted by Crippen LogP contribution is -2.39. The molecule has 1 amide bonds. The first-order valence-electron chi connectivity index (χ1n) is 9.04. The number of halogens is 1. The van der Waals surface area contributed by atoms with Crippen LogP contribution in [0.5, 0.6) is 5.75 Å². The van der Waals surface area contributed by atoms with E-state index in [1.807, 2.05) is 26.0 Å². The van der Waals surface area contributed by atoms with E-state index in [1.165, 1.54) is 0 Å². The van der Waals surface area contributed by atoms with Gasteiger partial charge < -0.3 is 4.74 Å². The van der Waals surface area contributed by atoms with E-state index in [0.29, 0.717) is 22.0 Å². The summed E-state index contributed by atoms with van der Waals surface area (Å²) in [6, 6.07) is 7.18. The van der Waals surface area contributed by atoms with Crippen molar-refractivity contribution in [1.82, 2.24) is 4.98 Å². The van der Waals surface area contributed by atoms with Gasteiger partial charge in [0.1, 0.15) is 17.6 Å². The normalized spacial score (nSPS) is 23.0. The number of benzene rings is 1. The van der Waals surface area contributed by atoms with Crippen molar-refractivity contribution in [3.05, 3.63) is 52.8 Å². The number of Topliss-reactive ketones (excluding diaryl/α,β-unsaturated/α-hetero) is 1. The van der Waals surface area contributed by atoms with Crippen molar-refractivity contribution >= 4 is 29.0 Å². The summed E-state index contributed by atoms with van der Waals surface area (Å²) in [4.78, 5) is 30.4. The average Bonchev–Trinajstić information content (AvgIpc) is 2.76. The fourth-order valence-corrected chi connectivity index (χ4v) is 4.10. The zero-order valence-corrected chi connectivity index (χ0v) is 16.3. The molecule has 0 atom stereocenters. The van der Waals surface area contributed by atoms with Gasteiger partial charge in [-0.2, -0.15) is 0 Å². The second kappa shape index (κ2) is 6.34. The standard InChI is InChI=1S/C21H21ClN2O3/c1-12(25)13-6-16(7-13)27-17-9-15(10-23-11-17)24-20(26)18-5-4-14(22)8-19(18)21(24,2)3/h4-5,8-11,13,16H,6-7H2,1-3H3. The van der Waals surface area contributed by atoms with Gasteiger partial charge in [-0.05, 0) is 57.4 Å². The first-order chi connectivity index (χ1) is 12.8. The van der Waals surface area contributed by atoms with E-state index < -0.39 is 5.54 Å². The van der Waals surface area contributed by atoms with Crippen LogP contribution in [0.4, 0.5) is 5.69 Å². The first-order valence-corrected chi connectivity index (χ1v) is 9.42. The Bertz CT molecular complexity index is 935. The molecular formula is C21H21ClN2O3. The smallest absolute Gasteiger partial charge is 0.259 e. The Hall–Kier alpha value is -2.40. The highest BCUT2D eigenvalue weighted by Gasteiger charge is 2.44. The quantitative estimate of drug-likeness (QED) is 0.785. The van der Waals surface area contributed by atoms with E-state index in [0.717, 1.165) is 18.4 Å². The third-order valence-corrected chi connectivity index (χ3v) is 5.80. The number of aromatic nitrogens is 1. The zero-order valence-electron chi connectivity index (χ0n) is 15.5. The van der Waals surface area contributed by atoms with Gasteiger partial charge in [0.25, 0.3) is 5.91 Å². The zero-order chi connectivity index (χ0) is 19.3.